The van der Waals surface area contributed by atoms with Crippen LogP contribution in [0.5, 0.6) is 0 Å². The second-order valence-electron chi connectivity index (χ2n) is 4.11. The molecule has 21 heavy (non-hydrogen) atoms. The third kappa shape index (κ3) is 2.59. The highest BCUT2D eigenvalue weighted by Gasteiger charge is 2.19. The molecule has 0 radical (unpaired) electrons. The molecule has 0 atom stereocenters. The fourth-order valence-electron chi connectivity index (χ4n) is 1.86. The van der Waals surface area contributed by atoms with Crippen molar-refractivity contribution in [3.63, 3.8) is 0 Å². The number of carboxylic acid groups (broad SMARTS) is 1. The van der Waals surface area contributed by atoms with Gasteiger partial charge in [-0.05, 0) is 36.4 Å². The average molecular weight is 338 g/mol. The van der Waals surface area contributed by atoms with E-state index < -0.39 is 5.97 Å². The van der Waals surface area contributed by atoms with Crippen molar-refractivity contribution >= 4 is 50.9 Å². The molecular weight excluding hydrogens is 330 g/mol. The van der Waals surface area contributed by atoms with E-state index in [1.165, 1.54) is 18.1 Å². The summed E-state index contributed by atoms with van der Waals surface area (Å²) < 4.78 is 0. The Morgan fingerprint density at radius 1 is 1.33 bits per heavy atom. The number of fused-ring (bicyclic) bond motifs is 1. The lowest BCUT2D eigenvalue weighted by molar-refractivity contribution is 0.0701. The van der Waals surface area contributed by atoms with E-state index in [9.17, 15) is 9.90 Å². The van der Waals surface area contributed by atoms with Gasteiger partial charge in [-0.15, -0.1) is 11.3 Å². The summed E-state index contributed by atoms with van der Waals surface area (Å²) in [6, 6.07) is 3.50. The van der Waals surface area contributed by atoms with Crippen LogP contribution in [0.3, 0.4) is 0 Å². The van der Waals surface area contributed by atoms with Crippen LogP contribution in [0.15, 0.2) is 34.7 Å². The number of carbonyl (C=O) groups is 1. The van der Waals surface area contributed by atoms with E-state index in [2.05, 4.69) is 15.0 Å². The summed E-state index contributed by atoms with van der Waals surface area (Å²) in [4.78, 5) is 24.8. The first-order valence-corrected chi connectivity index (χ1v) is 7.84. The van der Waals surface area contributed by atoms with Crippen LogP contribution in [-0.4, -0.2) is 26.0 Å². The van der Waals surface area contributed by atoms with E-state index in [4.69, 9.17) is 11.6 Å². The van der Waals surface area contributed by atoms with Gasteiger partial charge >= 0.3 is 5.97 Å². The van der Waals surface area contributed by atoms with Crippen LogP contribution in [0.4, 0.5) is 0 Å². The Morgan fingerprint density at radius 2 is 2.14 bits per heavy atom. The van der Waals surface area contributed by atoms with E-state index in [1.807, 2.05) is 0 Å². The van der Waals surface area contributed by atoms with Crippen LogP contribution in [0.25, 0.3) is 10.2 Å². The predicted molar refractivity (Wildman–Crippen MR) is 82.5 cm³/mol. The van der Waals surface area contributed by atoms with Gasteiger partial charge in [-0.1, -0.05) is 11.6 Å². The second kappa shape index (κ2) is 5.59. The van der Waals surface area contributed by atoms with E-state index in [-0.39, 0.29) is 4.88 Å². The molecule has 1 N–H and O–H groups in total. The minimum Gasteiger partial charge on any atom is -0.477 e. The predicted octanol–water partition coefficient (Wildman–Crippen LogP) is 3.90. The molecule has 0 saturated carbocycles. The van der Waals surface area contributed by atoms with Crippen LogP contribution in [0.1, 0.15) is 15.2 Å². The lowest BCUT2D eigenvalue weighted by Crippen LogP contribution is -1.94. The Bertz CT molecular complexity index is 851. The SMILES string of the molecule is Cc1c(C(=O)O)sc2ncnc(Sc3ncccc3Cl)c12. The number of hydrogen-bond donors (Lipinski definition) is 1. The summed E-state index contributed by atoms with van der Waals surface area (Å²) in [5.74, 6) is -0.956. The van der Waals surface area contributed by atoms with Gasteiger partial charge in [0, 0.05) is 11.6 Å². The topological polar surface area (TPSA) is 76.0 Å². The second-order valence-corrected chi connectivity index (χ2v) is 6.50. The van der Waals surface area contributed by atoms with Gasteiger partial charge in [0.2, 0.25) is 0 Å². The quantitative estimate of drug-likeness (QED) is 0.730. The smallest absolute Gasteiger partial charge is 0.346 e. The lowest BCUT2D eigenvalue weighted by Gasteiger charge is -2.03. The summed E-state index contributed by atoms with van der Waals surface area (Å²) in [5, 5.41) is 11.8. The molecule has 0 unspecified atom stereocenters. The van der Waals surface area contributed by atoms with E-state index in [0.717, 1.165) is 16.7 Å². The number of rotatable bonds is 3. The largest absolute Gasteiger partial charge is 0.477 e. The van der Waals surface area contributed by atoms with Gasteiger partial charge in [0.05, 0.1) is 5.02 Å². The number of pyridine rings is 1. The van der Waals surface area contributed by atoms with Gasteiger partial charge < -0.3 is 5.11 Å². The highest BCUT2D eigenvalue weighted by Crippen LogP contribution is 2.38. The molecule has 3 aromatic heterocycles. The number of aromatic nitrogens is 3. The highest BCUT2D eigenvalue weighted by molar-refractivity contribution is 7.99. The molecular formula is C13H8ClN3O2S2. The number of aryl methyl sites for hydroxylation is 1. The molecule has 0 saturated heterocycles. The minimum atomic E-state index is -0.956. The average Bonchev–Trinajstić information content (AvgIpc) is 2.80. The Hall–Kier alpha value is -1.70. The Kier molecular flexibility index (Phi) is 3.79. The molecule has 0 aromatic carbocycles. The zero-order valence-corrected chi connectivity index (χ0v) is 13.1. The molecule has 3 rings (SSSR count). The van der Waals surface area contributed by atoms with Crippen molar-refractivity contribution in [1.29, 1.82) is 0 Å². The van der Waals surface area contributed by atoms with Crippen molar-refractivity contribution in [3.05, 3.63) is 40.1 Å². The van der Waals surface area contributed by atoms with Gasteiger partial charge in [-0.25, -0.2) is 19.7 Å². The van der Waals surface area contributed by atoms with E-state index in [1.54, 1.807) is 25.3 Å². The van der Waals surface area contributed by atoms with Crippen LogP contribution in [-0.2, 0) is 0 Å². The summed E-state index contributed by atoms with van der Waals surface area (Å²) in [6.45, 7) is 1.76. The van der Waals surface area contributed by atoms with Gasteiger partial charge in [-0.2, -0.15) is 0 Å². The monoisotopic (exact) mass is 337 g/mol. The molecule has 0 bridgehead atoms. The Balaban J connectivity index is 2.15. The van der Waals surface area contributed by atoms with Crippen molar-refractivity contribution in [1.82, 2.24) is 15.0 Å². The third-order valence-corrected chi connectivity index (χ3v) is 5.43. The fourth-order valence-corrected chi connectivity index (χ4v) is 4.06. The van der Waals surface area contributed by atoms with E-state index >= 15 is 0 Å². The van der Waals surface area contributed by atoms with E-state index in [0.29, 0.717) is 25.5 Å². The Morgan fingerprint density at radius 3 is 2.86 bits per heavy atom. The molecule has 3 aromatic rings. The molecule has 0 aliphatic heterocycles. The van der Waals surface area contributed by atoms with Crippen molar-refractivity contribution in [2.24, 2.45) is 0 Å². The molecule has 8 heteroatoms. The molecule has 0 aliphatic carbocycles. The first kappa shape index (κ1) is 14.2. The van der Waals surface area contributed by atoms with Gasteiger partial charge in [0.25, 0.3) is 0 Å². The number of thiophene rings is 1. The fraction of sp³-hybridized carbons (Fsp3) is 0.0769. The zero-order valence-electron chi connectivity index (χ0n) is 10.7. The molecule has 0 aliphatic rings. The van der Waals surface area contributed by atoms with Crippen LogP contribution in [0, 0.1) is 6.92 Å². The number of nitrogens with zero attached hydrogens (tertiary/aromatic N) is 3. The summed E-state index contributed by atoms with van der Waals surface area (Å²) in [7, 11) is 0. The van der Waals surface area contributed by atoms with Crippen molar-refractivity contribution in [3.8, 4) is 0 Å². The summed E-state index contributed by atoms with van der Waals surface area (Å²) >= 11 is 8.55. The lowest BCUT2D eigenvalue weighted by atomic mass is 10.2. The summed E-state index contributed by atoms with van der Waals surface area (Å²) in [6.07, 6.45) is 3.07. The van der Waals surface area contributed by atoms with Gasteiger partial charge in [0.1, 0.15) is 26.1 Å². The number of carboxylic acids is 1. The van der Waals surface area contributed by atoms with Gasteiger partial charge in [0.15, 0.2) is 0 Å². The minimum absolute atomic E-state index is 0.277. The van der Waals surface area contributed by atoms with Gasteiger partial charge in [-0.3, -0.25) is 0 Å². The van der Waals surface area contributed by atoms with Crippen molar-refractivity contribution in [2.45, 2.75) is 17.0 Å². The van der Waals surface area contributed by atoms with Crippen LogP contribution >= 0.6 is 34.7 Å². The standard InChI is InChI=1S/C13H8ClN3O2S2/c1-6-8-11(20-9(6)13(18)19)16-5-17-12(8)21-10-7(14)3-2-4-15-10/h2-5H,1H3,(H,18,19). The maximum atomic E-state index is 11.2. The van der Waals surface area contributed by atoms with Crippen LogP contribution in [0.2, 0.25) is 5.02 Å². The maximum absolute atomic E-state index is 11.2. The van der Waals surface area contributed by atoms with Crippen molar-refractivity contribution in [2.75, 3.05) is 0 Å². The summed E-state index contributed by atoms with van der Waals surface area (Å²) in [5.41, 5.74) is 0.664. The number of halogens is 1. The highest BCUT2D eigenvalue weighted by atomic mass is 35.5. The molecule has 106 valence electrons. The number of aromatic carboxylic acids is 1. The molecule has 5 nitrogen and oxygen atoms in total. The van der Waals surface area contributed by atoms with Crippen LogP contribution < -0.4 is 0 Å². The first-order chi connectivity index (χ1) is 10.1. The molecule has 0 fully saturated rings. The normalized spacial score (nSPS) is 11.0. The first-order valence-electron chi connectivity index (χ1n) is 5.83. The molecule has 0 amide bonds. The molecule has 3 heterocycles. The Labute approximate surface area is 133 Å². The molecule has 0 spiro atoms. The zero-order chi connectivity index (χ0) is 15.0. The third-order valence-electron chi connectivity index (χ3n) is 2.80. The van der Waals surface area contributed by atoms with Crippen molar-refractivity contribution < 1.29 is 9.90 Å². The number of hydrogen-bond acceptors (Lipinski definition) is 6. The maximum Gasteiger partial charge on any atom is 0.346 e.